The van der Waals surface area contributed by atoms with E-state index in [9.17, 15) is 4.79 Å². The van der Waals surface area contributed by atoms with Crippen molar-refractivity contribution in [2.75, 3.05) is 18.6 Å². The number of benzene rings is 1. The molecule has 2 aromatic rings. The first-order valence-corrected chi connectivity index (χ1v) is 8.66. The summed E-state index contributed by atoms with van der Waals surface area (Å²) in [4.78, 5) is 18.7. The van der Waals surface area contributed by atoms with Crippen molar-refractivity contribution >= 4 is 11.6 Å². The minimum atomic E-state index is -0.472. The summed E-state index contributed by atoms with van der Waals surface area (Å²) in [6.07, 6.45) is 4.31. The van der Waals surface area contributed by atoms with E-state index >= 15 is 0 Å². The van der Waals surface area contributed by atoms with Crippen LogP contribution in [-0.2, 0) is 10.3 Å². The number of rotatable bonds is 4. The van der Waals surface area contributed by atoms with Gasteiger partial charge in [-0.25, -0.2) is 0 Å². The number of anilines is 1. The van der Waals surface area contributed by atoms with E-state index in [-0.39, 0.29) is 11.8 Å². The van der Waals surface area contributed by atoms with E-state index in [0.717, 1.165) is 37.1 Å². The molecule has 1 aliphatic heterocycles. The molecule has 2 aliphatic rings. The molecule has 2 fully saturated rings. The number of methoxy groups -OCH3 is 1. The van der Waals surface area contributed by atoms with Gasteiger partial charge in [-0.15, -0.1) is 0 Å². The zero-order chi connectivity index (χ0) is 17.4. The average Bonchev–Trinajstić information content (AvgIpc) is 3.35. The molecule has 7 nitrogen and oxygen atoms in total. The summed E-state index contributed by atoms with van der Waals surface area (Å²) in [5, 5.41) is 4.10. The first kappa shape index (κ1) is 16.1. The molecule has 0 spiro atoms. The van der Waals surface area contributed by atoms with Crippen LogP contribution < -0.4 is 15.4 Å². The van der Waals surface area contributed by atoms with E-state index in [1.165, 1.54) is 0 Å². The third-order valence-corrected chi connectivity index (χ3v) is 5.24. The summed E-state index contributed by atoms with van der Waals surface area (Å²) in [6.45, 7) is 0.532. The highest BCUT2D eigenvalue weighted by Gasteiger charge is 2.39. The lowest BCUT2D eigenvalue weighted by Crippen LogP contribution is -2.34. The predicted molar refractivity (Wildman–Crippen MR) is 91.3 cm³/mol. The molecule has 7 heteroatoms. The molecule has 1 aromatic heterocycles. The molecular formula is C18H22N4O3. The Morgan fingerprint density at radius 1 is 1.28 bits per heavy atom. The number of carbonyl (C=O) groups excluding carboxylic acids is 1. The van der Waals surface area contributed by atoms with Gasteiger partial charge in [0.1, 0.15) is 5.75 Å². The molecule has 2 N–H and O–H groups in total. The summed E-state index contributed by atoms with van der Waals surface area (Å²) in [7, 11) is 1.62. The molecule has 1 saturated carbocycles. The molecule has 1 saturated heterocycles. The van der Waals surface area contributed by atoms with E-state index in [2.05, 4.69) is 10.1 Å². The fourth-order valence-electron chi connectivity index (χ4n) is 3.72. The summed E-state index contributed by atoms with van der Waals surface area (Å²) in [5.74, 6) is 1.81. The molecule has 1 aliphatic carbocycles. The monoisotopic (exact) mass is 342 g/mol. The number of amides is 1. The topological polar surface area (TPSA) is 94.5 Å². The number of nitrogens with two attached hydrogens (primary N) is 1. The van der Waals surface area contributed by atoms with Gasteiger partial charge in [0, 0.05) is 18.7 Å². The van der Waals surface area contributed by atoms with Crippen LogP contribution >= 0.6 is 0 Å². The van der Waals surface area contributed by atoms with Crippen molar-refractivity contribution < 1.29 is 14.1 Å². The van der Waals surface area contributed by atoms with E-state index in [1.807, 2.05) is 24.3 Å². The molecular weight excluding hydrogens is 320 g/mol. The fraction of sp³-hybridized carbons (Fsp3) is 0.500. The highest BCUT2D eigenvalue weighted by atomic mass is 16.5. The van der Waals surface area contributed by atoms with Gasteiger partial charge in [-0.3, -0.25) is 4.79 Å². The zero-order valence-corrected chi connectivity index (χ0v) is 14.3. The quantitative estimate of drug-likeness (QED) is 0.916. The third kappa shape index (κ3) is 2.89. The Morgan fingerprint density at radius 2 is 2.00 bits per heavy atom. The molecule has 0 bridgehead atoms. The van der Waals surface area contributed by atoms with Crippen molar-refractivity contribution in [3.63, 3.8) is 0 Å². The van der Waals surface area contributed by atoms with Crippen LogP contribution in [0.5, 0.6) is 5.75 Å². The number of hydrogen-bond donors (Lipinski definition) is 1. The highest BCUT2D eigenvalue weighted by Crippen LogP contribution is 2.37. The van der Waals surface area contributed by atoms with Crippen molar-refractivity contribution in [3.8, 4) is 5.75 Å². The van der Waals surface area contributed by atoms with Gasteiger partial charge in [0.05, 0.1) is 18.6 Å². The second kappa shape index (κ2) is 6.15. The summed E-state index contributed by atoms with van der Waals surface area (Å²) in [6, 6.07) is 7.45. The Kier molecular flexibility index (Phi) is 3.95. The Hall–Kier alpha value is -2.41. The SMILES string of the molecule is COc1ccc(N2CC(c3nc(C4(N)CCCC4)no3)CC2=O)cc1. The molecule has 1 amide bonds. The molecule has 0 radical (unpaired) electrons. The predicted octanol–water partition coefficient (Wildman–Crippen LogP) is 2.33. The lowest BCUT2D eigenvalue weighted by molar-refractivity contribution is -0.117. The average molecular weight is 342 g/mol. The van der Waals surface area contributed by atoms with Crippen LogP contribution in [0.1, 0.15) is 49.7 Å². The van der Waals surface area contributed by atoms with Gasteiger partial charge >= 0.3 is 0 Å². The number of hydrogen-bond acceptors (Lipinski definition) is 6. The Bertz CT molecular complexity index is 765. The molecule has 25 heavy (non-hydrogen) atoms. The maximum atomic E-state index is 12.4. The standard InChI is InChI=1S/C18H22N4O3/c1-24-14-6-4-13(5-7-14)22-11-12(10-15(22)23)16-20-17(21-25-16)18(19)8-2-3-9-18/h4-7,12H,2-3,8-11,19H2,1H3. The van der Waals surface area contributed by atoms with Crippen molar-refractivity contribution in [2.45, 2.75) is 43.6 Å². The molecule has 1 atom stereocenters. The molecule has 4 rings (SSSR count). The van der Waals surface area contributed by atoms with Crippen LogP contribution in [0.4, 0.5) is 5.69 Å². The minimum Gasteiger partial charge on any atom is -0.497 e. The Balaban J connectivity index is 1.51. The van der Waals surface area contributed by atoms with E-state index < -0.39 is 5.54 Å². The Labute approximate surface area is 146 Å². The molecule has 2 heterocycles. The zero-order valence-electron chi connectivity index (χ0n) is 14.3. The number of aromatic nitrogens is 2. The lowest BCUT2D eigenvalue weighted by Gasteiger charge is -2.18. The second-order valence-corrected chi connectivity index (χ2v) is 6.92. The van der Waals surface area contributed by atoms with Gasteiger partial charge in [0.25, 0.3) is 0 Å². The number of nitrogens with zero attached hydrogens (tertiary/aromatic N) is 3. The van der Waals surface area contributed by atoms with Crippen LogP contribution in [0.15, 0.2) is 28.8 Å². The Morgan fingerprint density at radius 3 is 2.68 bits per heavy atom. The van der Waals surface area contributed by atoms with Gasteiger partial charge in [-0.2, -0.15) is 4.98 Å². The van der Waals surface area contributed by atoms with Crippen molar-refractivity contribution in [3.05, 3.63) is 36.0 Å². The van der Waals surface area contributed by atoms with Gasteiger partial charge in [0.15, 0.2) is 5.82 Å². The molecule has 1 unspecified atom stereocenters. The first-order valence-electron chi connectivity index (χ1n) is 8.66. The number of ether oxygens (including phenoxy) is 1. The molecule has 1 aromatic carbocycles. The van der Waals surface area contributed by atoms with Crippen LogP contribution in [0.2, 0.25) is 0 Å². The third-order valence-electron chi connectivity index (χ3n) is 5.24. The van der Waals surface area contributed by atoms with Gasteiger partial charge < -0.3 is 19.9 Å². The smallest absolute Gasteiger partial charge is 0.232 e. The summed E-state index contributed by atoms with van der Waals surface area (Å²) >= 11 is 0. The first-order chi connectivity index (χ1) is 12.1. The normalized spacial score (nSPS) is 22.6. The van der Waals surface area contributed by atoms with Crippen molar-refractivity contribution in [1.82, 2.24) is 10.1 Å². The van der Waals surface area contributed by atoms with E-state index in [4.69, 9.17) is 15.0 Å². The van der Waals surface area contributed by atoms with E-state index in [1.54, 1.807) is 12.0 Å². The largest absolute Gasteiger partial charge is 0.497 e. The van der Waals surface area contributed by atoms with Crippen molar-refractivity contribution in [1.29, 1.82) is 0 Å². The highest BCUT2D eigenvalue weighted by molar-refractivity contribution is 5.96. The minimum absolute atomic E-state index is 0.0539. The van der Waals surface area contributed by atoms with Gasteiger partial charge in [-0.1, -0.05) is 18.0 Å². The summed E-state index contributed by atoms with van der Waals surface area (Å²) in [5.41, 5.74) is 6.77. The van der Waals surface area contributed by atoms with Crippen LogP contribution in [0.25, 0.3) is 0 Å². The lowest BCUT2D eigenvalue weighted by atomic mass is 9.98. The van der Waals surface area contributed by atoms with Crippen LogP contribution in [0, 0.1) is 0 Å². The maximum Gasteiger partial charge on any atom is 0.232 e. The second-order valence-electron chi connectivity index (χ2n) is 6.92. The van der Waals surface area contributed by atoms with Crippen LogP contribution in [0.3, 0.4) is 0 Å². The van der Waals surface area contributed by atoms with E-state index in [0.29, 0.717) is 24.7 Å². The fourth-order valence-corrected chi connectivity index (χ4v) is 3.72. The van der Waals surface area contributed by atoms with Gasteiger partial charge in [0.2, 0.25) is 11.8 Å². The maximum absolute atomic E-state index is 12.4. The van der Waals surface area contributed by atoms with Crippen molar-refractivity contribution in [2.24, 2.45) is 5.73 Å². The summed E-state index contributed by atoms with van der Waals surface area (Å²) < 4.78 is 10.6. The number of carbonyl (C=O) groups is 1. The molecule has 132 valence electrons. The van der Waals surface area contributed by atoms with Crippen LogP contribution in [-0.4, -0.2) is 29.7 Å². The van der Waals surface area contributed by atoms with Gasteiger partial charge in [-0.05, 0) is 37.1 Å².